The van der Waals surface area contributed by atoms with Crippen LogP contribution in [0, 0.1) is 13.8 Å². The van der Waals surface area contributed by atoms with Crippen LogP contribution in [0.25, 0.3) is 0 Å². The van der Waals surface area contributed by atoms with Crippen molar-refractivity contribution in [3.05, 3.63) is 29.3 Å². The van der Waals surface area contributed by atoms with Crippen LogP contribution in [0.3, 0.4) is 0 Å². The highest BCUT2D eigenvalue weighted by Crippen LogP contribution is 2.18. The van der Waals surface area contributed by atoms with Gasteiger partial charge in [-0.3, -0.25) is 4.79 Å². The monoisotopic (exact) mass is 264 g/mol. The number of carbonyl (C=O) groups excluding carboxylic acids is 1. The predicted molar refractivity (Wildman–Crippen MR) is 77.3 cm³/mol. The highest BCUT2D eigenvalue weighted by molar-refractivity contribution is 5.75. The van der Waals surface area contributed by atoms with Crippen LogP contribution in [0.5, 0.6) is 5.75 Å². The Morgan fingerprint density at radius 1 is 1.42 bits per heavy atom. The normalized spacial score (nSPS) is 12.0. The lowest BCUT2D eigenvalue weighted by atomic mass is 10.1. The number of aryl methyl sites for hydroxylation is 2. The van der Waals surface area contributed by atoms with Crippen LogP contribution in [0.15, 0.2) is 18.2 Å². The molecule has 0 saturated heterocycles. The topological polar surface area (TPSA) is 64.3 Å². The Balaban J connectivity index is 2.24. The quantitative estimate of drug-likeness (QED) is 0.791. The molecule has 0 aromatic heterocycles. The summed E-state index contributed by atoms with van der Waals surface area (Å²) < 4.78 is 5.60. The molecule has 4 nitrogen and oxygen atoms in total. The maximum Gasteiger partial charge on any atom is 0.223 e. The fraction of sp³-hybridized carbons (Fsp3) is 0.533. The first-order valence-electron chi connectivity index (χ1n) is 6.71. The van der Waals surface area contributed by atoms with Gasteiger partial charge >= 0.3 is 0 Å². The molecule has 0 saturated carbocycles. The molecule has 0 aliphatic rings. The van der Waals surface area contributed by atoms with Crippen molar-refractivity contribution >= 4 is 5.91 Å². The molecule has 1 unspecified atom stereocenters. The van der Waals surface area contributed by atoms with E-state index in [1.165, 1.54) is 5.56 Å². The summed E-state index contributed by atoms with van der Waals surface area (Å²) in [4.78, 5) is 11.5. The maximum atomic E-state index is 11.5. The van der Waals surface area contributed by atoms with Gasteiger partial charge in [0, 0.05) is 12.6 Å². The molecule has 106 valence electrons. The second-order valence-electron chi connectivity index (χ2n) is 4.98. The number of carbonyl (C=O) groups is 1. The van der Waals surface area contributed by atoms with Gasteiger partial charge in [-0.2, -0.15) is 0 Å². The molecule has 0 aliphatic carbocycles. The molecule has 0 radical (unpaired) electrons. The molecule has 1 aromatic carbocycles. The highest BCUT2D eigenvalue weighted by atomic mass is 16.5. The number of nitrogens with two attached hydrogens (primary N) is 1. The average Bonchev–Trinajstić information content (AvgIpc) is 2.31. The Morgan fingerprint density at radius 3 is 2.79 bits per heavy atom. The first-order chi connectivity index (χ1) is 8.99. The van der Waals surface area contributed by atoms with Gasteiger partial charge in [-0.25, -0.2) is 0 Å². The van der Waals surface area contributed by atoms with Gasteiger partial charge in [-0.15, -0.1) is 0 Å². The molecule has 0 fully saturated rings. The van der Waals surface area contributed by atoms with E-state index in [1.54, 1.807) is 0 Å². The first kappa shape index (κ1) is 15.5. The lowest BCUT2D eigenvalue weighted by Gasteiger charge is -2.10. The number of ether oxygens (including phenoxy) is 1. The molecule has 1 atom stereocenters. The molecule has 1 rings (SSSR count). The largest absolute Gasteiger partial charge is 0.493 e. The minimum absolute atomic E-state index is 0.00501. The maximum absolute atomic E-state index is 11.5. The lowest BCUT2D eigenvalue weighted by molar-refractivity contribution is -0.121. The van der Waals surface area contributed by atoms with Crippen molar-refractivity contribution < 1.29 is 9.53 Å². The van der Waals surface area contributed by atoms with Crippen molar-refractivity contribution in [3.63, 3.8) is 0 Å². The number of amides is 1. The SMILES string of the molecule is Cc1ccc(OCCC(=O)NCCC(C)N)c(C)c1. The third-order valence-electron chi connectivity index (χ3n) is 2.84. The van der Waals surface area contributed by atoms with Gasteiger partial charge in [0.25, 0.3) is 0 Å². The Kier molecular flexibility index (Phi) is 6.36. The zero-order valence-corrected chi connectivity index (χ0v) is 12.0. The highest BCUT2D eigenvalue weighted by Gasteiger charge is 2.04. The van der Waals surface area contributed by atoms with Gasteiger partial charge in [-0.05, 0) is 38.8 Å². The van der Waals surface area contributed by atoms with E-state index in [4.69, 9.17) is 10.5 Å². The molecule has 4 heteroatoms. The summed E-state index contributed by atoms with van der Waals surface area (Å²) in [7, 11) is 0. The van der Waals surface area contributed by atoms with E-state index in [0.29, 0.717) is 19.6 Å². The fourth-order valence-corrected chi connectivity index (χ4v) is 1.74. The minimum Gasteiger partial charge on any atom is -0.493 e. The third kappa shape index (κ3) is 6.25. The number of rotatable bonds is 7. The van der Waals surface area contributed by atoms with Crippen LogP contribution >= 0.6 is 0 Å². The summed E-state index contributed by atoms with van der Waals surface area (Å²) in [5.41, 5.74) is 7.91. The first-order valence-corrected chi connectivity index (χ1v) is 6.71. The molecule has 0 aliphatic heterocycles. The lowest BCUT2D eigenvalue weighted by Crippen LogP contribution is -2.29. The Bertz CT molecular complexity index is 417. The van der Waals surface area contributed by atoms with Crippen LogP contribution in [0.2, 0.25) is 0 Å². The number of benzene rings is 1. The van der Waals surface area contributed by atoms with Crippen LogP contribution in [0.4, 0.5) is 0 Å². The molecule has 0 spiro atoms. The average molecular weight is 264 g/mol. The van der Waals surface area contributed by atoms with Gasteiger partial charge < -0.3 is 15.8 Å². The van der Waals surface area contributed by atoms with Crippen molar-refractivity contribution in [3.8, 4) is 5.75 Å². The second kappa shape index (κ2) is 7.79. The minimum atomic E-state index is 0.00501. The van der Waals surface area contributed by atoms with Gasteiger partial charge in [0.1, 0.15) is 5.75 Å². The van der Waals surface area contributed by atoms with Crippen LogP contribution in [0.1, 0.15) is 30.9 Å². The molecule has 0 heterocycles. The standard InChI is InChI=1S/C15H24N2O2/c1-11-4-5-14(12(2)10-11)19-9-7-15(18)17-8-6-13(3)16/h4-5,10,13H,6-9,16H2,1-3H3,(H,17,18). The van der Waals surface area contributed by atoms with Crippen LogP contribution < -0.4 is 15.8 Å². The van der Waals surface area contributed by atoms with Crippen molar-refractivity contribution in [2.75, 3.05) is 13.2 Å². The summed E-state index contributed by atoms with van der Waals surface area (Å²) in [6.45, 7) is 7.00. The van der Waals surface area contributed by atoms with Crippen molar-refractivity contribution in [2.24, 2.45) is 5.73 Å². The smallest absolute Gasteiger partial charge is 0.223 e. The fourth-order valence-electron chi connectivity index (χ4n) is 1.74. The van der Waals surface area contributed by atoms with E-state index in [-0.39, 0.29) is 11.9 Å². The van der Waals surface area contributed by atoms with Gasteiger partial charge in [0.05, 0.1) is 13.0 Å². The van der Waals surface area contributed by atoms with Gasteiger partial charge in [-0.1, -0.05) is 17.7 Å². The third-order valence-corrected chi connectivity index (χ3v) is 2.84. The zero-order chi connectivity index (χ0) is 14.3. The van der Waals surface area contributed by atoms with E-state index in [9.17, 15) is 4.79 Å². The summed E-state index contributed by atoms with van der Waals surface area (Å²) in [6.07, 6.45) is 1.16. The second-order valence-corrected chi connectivity index (χ2v) is 4.98. The van der Waals surface area contributed by atoms with Crippen molar-refractivity contribution in [2.45, 2.75) is 39.7 Å². The number of hydrogen-bond donors (Lipinski definition) is 2. The molecule has 3 N–H and O–H groups in total. The van der Waals surface area contributed by atoms with Gasteiger partial charge in [0.2, 0.25) is 5.91 Å². The zero-order valence-electron chi connectivity index (χ0n) is 12.0. The predicted octanol–water partition coefficient (Wildman–Crippen LogP) is 1.93. The Morgan fingerprint density at radius 2 is 2.16 bits per heavy atom. The van der Waals surface area contributed by atoms with Crippen LogP contribution in [-0.4, -0.2) is 25.1 Å². The van der Waals surface area contributed by atoms with Crippen molar-refractivity contribution in [1.29, 1.82) is 0 Å². The molecular formula is C15H24N2O2. The molecule has 1 aromatic rings. The number of hydrogen-bond acceptors (Lipinski definition) is 3. The van der Waals surface area contributed by atoms with Gasteiger partial charge in [0.15, 0.2) is 0 Å². The molecule has 1 amide bonds. The van der Waals surface area contributed by atoms with E-state index in [1.807, 2.05) is 32.9 Å². The molecular weight excluding hydrogens is 240 g/mol. The van der Waals surface area contributed by atoms with E-state index < -0.39 is 0 Å². The van der Waals surface area contributed by atoms with Crippen LogP contribution in [-0.2, 0) is 4.79 Å². The molecule has 19 heavy (non-hydrogen) atoms. The van der Waals surface area contributed by atoms with E-state index in [2.05, 4.69) is 11.4 Å². The number of nitrogens with one attached hydrogen (secondary N) is 1. The molecule has 0 bridgehead atoms. The summed E-state index contributed by atoms with van der Waals surface area (Å²) >= 11 is 0. The summed E-state index contributed by atoms with van der Waals surface area (Å²) in [6, 6.07) is 6.13. The Hall–Kier alpha value is -1.55. The van der Waals surface area contributed by atoms with Crippen molar-refractivity contribution in [1.82, 2.24) is 5.32 Å². The summed E-state index contributed by atoms with van der Waals surface area (Å²) in [5.74, 6) is 0.847. The Labute approximate surface area is 115 Å². The summed E-state index contributed by atoms with van der Waals surface area (Å²) in [5, 5.41) is 2.83. The van der Waals surface area contributed by atoms with E-state index in [0.717, 1.165) is 17.7 Å². The van der Waals surface area contributed by atoms with E-state index >= 15 is 0 Å².